The number of fused-ring (bicyclic) bond motifs is 8. The minimum atomic E-state index is 0.617. The third-order valence-electron chi connectivity index (χ3n) is 11.6. The van der Waals surface area contributed by atoms with Crippen LogP contribution in [0.1, 0.15) is 17.5 Å². The molecule has 272 valence electrons. The van der Waals surface area contributed by atoms with Crippen molar-refractivity contribution in [2.45, 2.75) is 12.8 Å². The Morgan fingerprint density at radius 1 is 0.397 bits per heavy atom. The normalized spacial score (nSPS) is 12.6. The fourth-order valence-electron chi connectivity index (χ4n) is 8.62. The second-order valence-electron chi connectivity index (χ2n) is 15.1. The molecule has 0 N–H and O–H groups in total. The number of allylic oxidation sites excluding steroid dienone is 1. The number of hydrogen-bond donors (Lipinski definition) is 0. The van der Waals surface area contributed by atoms with Crippen LogP contribution in [0.5, 0.6) is 0 Å². The van der Waals surface area contributed by atoms with Crippen LogP contribution in [0, 0.1) is 0 Å². The third-order valence-corrected chi connectivity index (χ3v) is 11.6. The summed E-state index contributed by atoms with van der Waals surface area (Å²) < 4.78 is 12.5. The van der Waals surface area contributed by atoms with Gasteiger partial charge >= 0.3 is 0 Å². The van der Waals surface area contributed by atoms with Gasteiger partial charge in [-0.25, -0.2) is 15.0 Å². The highest BCUT2D eigenvalue weighted by Crippen LogP contribution is 2.40. The highest BCUT2D eigenvalue weighted by Gasteiger charge is 2.18. The molecule has 1 aliphatic rings. The van der Waals surface area contributed by atoms with Gasteiger partial charge in [-0.3, -0.25) is 0 Å². The summed E-state index contributed by atoms with van der Waals surface area (Å²) in [6.07, 6.45) is 6.55. The molecule has 0 aliphatic heterocycles. The van der Waals surface area contributed by atoms with Crippen LogP contribution in [0.3, 0.4) is 0 Å². The molecule has 0 radical (unpaired) electrons. The van der Waals surface area contributed by atoms with Crippen LogP contribution < -0.4 is 0 Å². The molecule has 0 spiro atoms. The van der Waals surface area contributed by atoms with Crippen molar-refractivity contribution in [3.05, 3.63) is 181 Å². The molecule has 0 atom stereocenters. The Bertz CT molecular complexity index is 3470. The Balaban J connectivity index is 0.973. The number of furan rings is 2. The molecular formula is C53H33N3O2. The molecule has 8 aromatic carbocycles. The number of aryl methyl sites for hydroxylation is 1. The molecule has 12 rings (SSSR count). The molecule has 5 nitrogen and oxygen atoms in total. The minimum absolute atomic E-state index is 0.617. The third kappa shape index (κ3) is 5.43. The summed E-state index contributed by atoms with van der Waals surface area (Å²) in [5, 5.41) is 6.57. The number of aromatic nitrogens is 3. The maximum absolute atomic E-state index is 6.38. The Kier molecular flexibility index (Phi) is 7.29. The van der Waals surface area contributed by atoms with Crippen molar-refractivity contribution < 1.29 is 8.83 Å². The van der Waals surface area contributed by atoms with E-state index in [9.17, 15) is 0 Å². The molecule has 0 fully saturated rings. The van der Waals surface area contributed by atoms with Crippen LogP contribution in [0.2, 0.25) is 0 Å². The van der Waals surface area contributed by atoms with E-state index in [-0.39, 0.29) is 0 Å². The van der Waals surface area contributed by atoms with Gasteiger partial charge in [0.1, 0.15) is 22.3 Å². The van der Waals surface area contributed by atoms with Crippen LogP contribution in [0.15, 0.2) is 179 Å². The van der Waals surface area contributed by atoms with Crippen molar-refractivity contribution in [3.63, 3.8) is 0 Å². The van der Waals surface area contributed by atoms with Gasteiger partial charge in [-0.2, -0.15) is 0 Å². The van der Waals surface area contributed by atoms with E-state index in [1.54, 1.807) is 0 Å². The SMILES string of the molecule is C1=Cc2cc(-c3nc(-c4ccc5cc(-c6cccc7oc8ccc(-c9ccccc9)cc8c67)ccc5c4)nc(-c4ccc5oc6ccccc6c5c4)n3)ccc2CC1. The van der Waals surface area contributed by atoms with E-state index in [1.807, 2.05) is 36.4 Å². The lowest BCUT2D eigenvalue weighted by Gasteiger charge is -2.13. The topological polar surface area (TPSA) is 65.0 Å². The number of nitrogens with zero attached hydrogens (tertiary/aromatic N) is 3. The lowest BCUT2D eigenvalue weighted by Crippen LogP contribution is -2.01. The Labute approximate surface area is 333 Å². The van der Waals surface area contributed by atoms with Gasteiger partial charge in [0.05, 0.1) is 0 Å². The first-order valence-corrected chi connectivity index (χ1v) is 19.7. The lowest BCUT2D eigenvalue weighted by molar-refractivity contribution is 0.668. The highest BCUT2D eigenvalue weighted by molar-refractivity contribution is 6.14. The fourth-order valence-corrected chi connectivity index (χ4v) is 8.62. The molecule has 0 bridgehead atoms. The van der Waals surface area contributed by atoms with Gasteiger partial charge in [0.25, 0.3) is 0 Å². The number of para-hydroxylation sites is 1. The molecule has 3 aromatic heterocycles. The summed E-state index contributed by atoms with van der Waals surface area (Å²) in [7, 11) is 0. The molecule has 5 heteroatoms. The fraction of sp³-hybridized carbons (Fsp3) is 0.0377. The van der Waals surface area contributed by atoms with Crippen LogP contribution >= 0.6 is 0 Å². The van der Waals surface area contributed by atoms with Gasteiger partial charge in [-0.05, 0) is 118 Å². The Morgan fingerprint density at radius 2 is 1.00 bits per heavy atom. The predicted molar refractivity (Wildman–Crippen MR) is 236 cm³/mol. The number of rotatable bonds is 5. The largest absolute Gasteiger partial charge is 0.456 e. The quantitative estimate of drug-likeness (QED) is 0.176. The lowest BCUT2D eigenvalue weighted by atomic mass is 9.95. The minimum Gasteiger partial charge on any atom is -0.456 e. The van der Waals surface area contributed by atoms with Gasteiger partial charge in [-0.1, -0.05) is 115 Å². The summed E-state index contributed by atoms with van der Waals surface area (Å²) in [6.45, 7) is 0. The van der Waals surface area contributed by atoms with Crippen molar-refractivity contribution in [2.24, 2.45) is 0 Å². The van der Waals surface area contributed by atoms with E-state index in [0.29, 0.717) is 17.5 Å². The molecule has 0 amide bonds. The summed E-state index contributed by atoms with van der Waals surface area (Å²) in [5.41, 5.74) is 13.4. The number of benzene rings is 8. The molecule has 1 aliphatic carbocycles. The van der Waals surface area contributed by atoms with Crippen LogP contribution in [-0.2, 0) is 6.42 Å². The molecule has 58 heavy (non-hydrogen) atoms. The first-order valence-electron chi connectivity index (χ1n) is 19.7. The second-order valence-corrected chi connectivity index (χ2v) is 15.1. The van der Waals surface area contributed by atoms with Crippen molar-refractivity contribution >= 4 is 60.7 Å². The van der Waals surface area contributed by atoms with Crippen LogP contribution in [-0.4, -0.2) is 15.0 Å². The predicted octanol–water partition coefficient (Wildman–Crippen LogP) is 14.1. The zero-order valence-electron chi connectivity index (χ0n) is 31.3. The van der Waals surface area contributed by atoms with Gasteiger partial charge in [0, 0.05) is 38.2 Å². The maximum atomic E-state index is 6.38. The summed E-state index contributed by atoms with van der Waals surface area (Å²) >= 11 is 0. The molecule has 3 heterocycles. The molecule has 0 saturated heterocycles. The highest BCUT2D eigenvalue weighted by atomic mass is 16.3. The molecule has 11 aromatic rings. The van der Waals surface area contributed by atoms with Crippen molar-refractivity contribution in [1.82, 2.24) is 15.0 Å². The average molecular weight is 744 g/mol. The standard InChI is InChI=1S/C53H33N3O2/c1-2-9-32(10-3-1)37-23-25-48-45(30-37)50-42(14-8-16-49(50)58-48)38-20-18-36-29-40(22-19-35(36)27-38)52-54-51(39-21-17-33-11-4-5-12-34(33)28-39)55-53(56-52)41-24-26-47-44(31-41)43-13-6-7-15-46(43)57-47/h1-3,5-10,12-31H,4,11H2. The van der Waals surface area contributed by atoms with E-state index in [4.69, 9.17) is 23.8 Å². The van der Waals surface area contributed by atoms with Crippen LogP contribution in [0.25, 0.3) is 117 Å². The number of hydrogen-bond acceptors (Lipinski definition) is 5. The molecule has 0 unspecified atom stereocenters. The van der Waals surface area contributed by atoms with E-state index in [0.717, 1.165) is 95.3 Å². The van der Waals surface area contributed by atoms with E-state index >= 15 is 0 Å². The van der Waals surface area contributed by atoms with Crippen molar-refractivity contribution in [2.75, 3.05) is 0 Å². The van der Waals surface area contributed by atoms with Crippen LogP contribution in [0.4, 0.5) is 0 Å². The first kappa shape index (κ1) is 32.6. The first-order chi connectivity index (χ1) is 28.7. The zero-order valence-corrected chi connectivity index (χ0v) is 31.3. The van der Waals surface area contributed by atoms with Crippen molar-refractivity contribution in [3.8, 4) is 56.4 Å². The van der Waals surface area contributed by atoms with Gasteiger partial charge in [0.2, 0.25) is 0 Å². The Morgan fingerprint density at radius 3 is 1.84 bits per heavy atom. The second kappa shape index (κ2) is 13.0. The van der Waals surface area contributed by atoms with E-state index in [2.05, 4.69) is 140 Å². The van der Waals surface area contributed by atoms with Gasteiger partial charge in [0.15, 0.2) is 17.5 Å². The molecular weight excluding hydrogens is 711 g/mol. The van der Waals surface area contributed by atoms with E-state index in [1.165, 1.54) is 22.3 Å². The van der Waals surface area contributed by atoms with Gasteiger partial charge < -0.3 is 8.83 Å². The Hall–Kier alpha value is -7.63. The average Bonchev–Trinajstić information content (AvgIpc) is 3.86. The maximum Gasteiger partial charge on any atom is 0.164 e. The van der Waals surface area contributed by atoms with E-state index < -0.39 is 0 Å². The summed E-state index contributed by atoms with van der Waals surface area (Å²) in [4.78, 5) is 15.4. The van der Waals surface area contributed by atoms with Gasteiger partial charge in [-0.15, -0.1) is 0 Å². The molecule has 0 saturated carbocycles. The summed E-state index contributed by atoms with van der Waals surface area (Å²) in [6, 6.07) is 57.3. The smallest absolute Gasteiger partial charge is 0.164 e. The monoisotopic (exact) mass is 743 g/mol. The van der Waals surface area contributed by atoms with Crippen molar-refractivity contribution in [1.29, 1.82) is 0 Å². The summed E-state index contributed by atoms with van der Waals surface area (Å²) in [5.74, 6) is 1.89. The zero-order chi connectivity index (χ0) is 38.2.